The third-order valence-electron chi connectivity index (χ3n) is 2.00. The summed E-state index contributed by atoms with van der Waals surface area (Å²) in [5.74, 6) is 1.62. The number of hydrogen-bond acceptors (Lipinski definition) is 3. The Morgan fingerprint density at radius 2 is 1.93 bits per heavy atom. The number of aromatic nitrogens is 1. The second-order valence-electron chi connectivity index (χ2n) is 3.06. The first-order chi connectivity index (χ1) is 6.79. The van der Waals surface area contributed by atoms with Gasteiger partial charge in [-0.15, -0.1) is 0 Å². The molecule has 3 heteroatoms. The molecular formula is C11H11NO2. The van der Waals surface area contributed by atoms with Gasteiger partial charge in [-0.3, -0.25) is 0 Å². The lowest BCUT2D eigenvalue weighted by Crippen LogP contribution is -1.81. The molecule has 72 valence electrons. The fraction of sp³-hybridized carbons (Fsp3) is 0.182. The van der Waals surface area contributed by atoms with Crippen molar-refractivity contribution in [2.45, 2.75) is 6.92 Å². The standard InChI is InChI=1S/C11H11NO2/c1-8-7-11(14-12-8)9-3-5-10(13-2)6-4-9/h3-7H,1-2H3. The molecule has 0 saturated carbocycles. The van der Waals surface area contributed by atoms with Gasteiger partial charge in [0.1, 0.15) is 5.75 Å². The van der Waals surface area contributed by atoms with Crippen molar-refractivity contribution >= 4 is 0 Å². The van der Waals surface area contributed by atoms with Gasteiger partial charge in [0.15, 0.2) is 5.76 Å². The van der Waals surface area contributed by atoms with Crippen LogP contribution in [0.2, 0.25) is 0 Å². The minimum Gasteiger partial charge on any atom is -0.497 e. The average Bonchev–Trinajstić information content (AvgIpc) is 2.65. The summed E-state index contributed by atoms with van der Waals surface area (Å²) >= 11 is 0. The molecule has 0 saturated heterocycles. The van der Waals surface area contributed by atoms with Gasteiger partial charge in [-0.2, -0.15) is 0 Å². The molecule has 14 heavy (non-hydrogen) atoms. The van der Waals surface area contributed by atoms with Crippen LogP contribution < -0.4 is 4.74 Å². The summed E-state index contributed by atoms with van der Waals surface area (Å²) in [5.41, 5.74) is 1.89. The van der Waals surface area contributed by atoms with Crippen LogP contribution in [0, 0.1) is 6.92 Å². The Hall–Kier alpha value is -1.77. The van der Waals surface area contributed by atoms with Crippen LogP contribution in [0.25, 0.3) is 11.3 Å². The molecule has 0 aliphatic heterocycles. The monoisotopic (exact) mass is 189 g/mol. The maximum Gasteiger partial charge on any atom is 0.167 e. The van der Waals surface area contributed by atoms with Gasteiger partial charge in [-0.1, -0.05) is 5.16 Å². The molecule has 0 bridgehead atoms. The second kappa shape index (κ2) is 3.54. The van der Waals surface area contributed by atoms with Gasteiger partial charge in [0, 0.05) is 11.6 Å². The van der Waals surface area contributed by atoms with Gasteiger partial charge in [-0.25, -0.2) is 0 Å². The zero-order valence-electron chi connectivity index (χ0n) is 8.15. The third-order valence-corrected chi connectivity index (χ3v) is 2.00. The SMILES string of the molecule is COc1ccc(-c2cc(C)no2)cc1. The molecule has 0 aliphatic carbocycles. The lowest BCUT2D eigenvalue weighted by Gasteiger charge is -1.99. The molecule has 0 N–H and O–H groups in total. The first-order valence-corrected chi connectivity index (χ1v) is 4.37. The molecule has 0 amide bonds. The van der Waals surface area contributed by atoms with Gasteiger partial charge in [0.05, 0.1) is 12.8 Å². The molecule has 3 nitrogen and oxygen atoms in total. The summed E-state index contributed by atoms with van der Waals surface area (Å²) < 4.78 is 10.2. The molecule has 2 rings (SSSR count). The molecule has 0 unspecified atom stereocenters. The van der Waals surface area contributed by atoms with E-state index >= 15 is 0 Å². The van der Waals surface area contributed by atoms with Crippen molar-refractivity contribution in [3.63, 3.8) is 0 Å². The average molecular weight is 189 g/mol. The van der Waals surface area contributed by atoms with Crippen molar-refractivity contribution in [2.24, 2.45) is 0 Å². The Balaban J connectivity index is 2.33. The summed E-state index contributed by atoms with van der Waals surface area (Å²) in [7, 11) is 1.65. The molecule has 2 aromatic rings. The molecule has 0 aliphatic rings. The molecule has 1 aromatic carbocycles. The maximum atomic E-state index is 5.13. The summed E-state index contributed by atoms with van der Waals surface area (Å²) in [4.78, 5) is 0. The topological polar surface area (TPSA) is 35.3 Å². The number of ether oxygens (including phenoxy) is 1. The van der Waals surface area contributed by atoms with E-state index in [4.69, 9.17) is 9.26 Å². The summed E-state index contributed by atoms with van der Waals surface area (Å²) in [6.07, 6.45) is 0. The first-order valence-electron chi connectivity index (χ1n) is 4.37. The van der Waals surface area contributed by atoms with Crippen molar-refractivity contribution < 1.29 is 9.26 Å². The van der Waals surface area contributed by atoms with Crippen LogP contribution in [-0.4, -0.2) is 12.3 Å². The zero-order valence-corrected chi connectivity index (χ0v) is 8.15. The fourth-order valence-corrected chi connectivity index (χ4v) is 1.25. The van der Waals surface area contributed by atoms with E-state index in [0.717, 1.165) is 22.8 Å². The number of rotatable bonds is 2. The van der Waals surface area contributed by atoms with Gasteiger partial charge in [-0.05, 0) is 31.2 Å². The Bertz CT molecular complexity index is 417. The number of methoxy groups -OCH3 is 1. The summed E-state index contributed by atoms with van der Waals surface area (Å²) in [6, 6.07) is 9.58. The summed E-state index contributed by atoms with van der Waals surface area (Å²) in [5, 5.41) is 3.83. The molecule has 0 fully saturated rings. The van der Waals surface area contributed by atoms with Gasteiger partial charge in [0.25, 0.3) is 0 Å². The van der Waals surface area contributed by atoms with E-state index in [9.17, 15) is 0 Å². The van der Waals surface area contributed by atoms with E-state index in [0.29, 0.717) is 0 Å². The van der Waals surface area contributed by atoms with Gasteiger partial charge < -0.3 is 9.26 Å². The van der Waals surface area contributed by atoms with E-state index in [1.54, 1.807) is 7.11 Å². The van der Waals surface area contributed by atoms with E-state index in [1.165, 1.54) is 0 Å². The van der Waals surface area contributed by atoms with Gasteiger partial charge >= 0.3 is 0 Å². The lowest BCUT2D eigenvalue weighted by molar-refractivity contribution is 0.414. The maximum absolute atomic E-state index is 5.13. The van der Waals surface area contributed by atoms with E-state index in [2.05, 4.69) is 5.16 Å². The van der Waals surface area contributed by atoms with Gasteiger partial charge in [0.2, 0.25) is 0 Å². The molecule has 0 atom stereocenters. The first kappa shape index (κ1) is 8.81. The van der Waals surface area contributed by atoms with Crippen LogP contribution in [0.5, 0.6) is 5.75 Å². The minimum atomic E-state index is 0.783. The van der Waals surface area contributed by atoms with E-state index < -0.39 is 0 Å². The number of aryl methyl sites for hydroxylation is 1. The van der Waals surface area contributed by atoms with Crippen LogP contribution in [0.1, 0.15) is 5.69 Å². The quantitative estimate of drug-likeness (QED) is 0.728. The van der Waals surface area contributed by atoms with Crippen LogP contribution in [0.15, 0.2) is 34.9 Å². The van der Waals surface area contributed by atoms with Crippen LogP contribution >= 0.6 is 0 Å². The highest BCUT2D eigenvalue weighted by molar-refractivity contribution is 5.58. The van der Waals surface area contributed by atoms with Crippen molar-refractivity contribution in [1.29, 1.82) is 0 Å². The Kier molecular flexibility index (Phi) is 2.23. The van der Waals surface area contributed by atoms with Crippen LogP contribution in [-0.2, 0) is 0 Å². The number of hydrogen-bond donors (Lipinski definition) is 0. The predicted molar refractivity (Wildman–Crippen MR) is 53.2 cm³/mol. The summed E-state index contributed by atoms with van der Waals surface area (Å²) in [6.45, 7) is 1.90. The zero-order chi connectivity index (χ0) is 9.97. The van der Waals surface area contributed by atoms with Crippen molar-refractivity contribution in [2.75, 3.05) is 7.11 Å². The van der Waals surface area contributed by atoms with Crippen molar-refractivity contribution in [3.8, 4) is 17.1 Å². The molecule has 1 heterocycles. The molecule has 0 radical (unpaired) electrons. The molecule has 0 spiro atoms. The van der Waals surface area contributed by atoms with E-state index in [1.807, 2.05) is 37.3 Å². The van der Waals surface area contributed by atoms with E-state index in [-0.39, 0.29) is 0 Å². The largest absolute Gasteiger partial charge is 0.497 e. The smallest absolute Gasteiger partial charge is 0.167 e. The normalized spacial score (nSPS) is 10.1. The number of nitrogens with zero attached hydrogens (tertiary/aromatic N) is 1. The Labute approximate surface area is 82.3 Å². The molecule has 1 aromatic heterocycles. The lowest BCUT2D eigenvalue weighted by atomic mass is 10.1. The highest BCUT2D eigenvalue weighted by Crippen LogP contribution is 2.22. The van der Waals surface area contributed by atoms with Crippen LogP contribution in [0.3, 0.4) is 0 Å². The predicted octanol–water partition coefficient (Wildman–Crippen LogP) is 2.66. The highest BCUT2D eigenvalue weighted by atomic mass is 16.5. The third kappa shape index (κ3) is 1.62. The fourth-order valence-electron chi connectivity index (χ4n) is 1.25. The number of benzene rings is 1. The minimum absolute atomic E-state index is 0.783. The highest BCUT2D eigenvalue weighted by Gasteiger charge is 2.03. The van der Waals surface area contributed by atoms with Crippen molar-refractivity contribution in [3.05, 3.63) is 36.0 Å². The van der Waals surface area contributed by atoms with Crippen LogP contribution in [0.4, 0.5) is 0 Å². The Morgan fingerprint density at radius 3 is 2.43 bits per heavy atom. The second-order valence-corrected chi connectivity index (χ2v) is 3.06. The molecular weight excluding hydrogens is 178 g/mol. The Morgan fingerprint density at radius 1 is 1.21 bits per heavy atom. The van der Waals surface area contributed by atoms with Crippen molar-refractivity contribution in [1.82, 2.24) is 5.16 Å².